The number of fused-ring (bicyclic) bond motifs is 1. The molecule has 6 nitrogen and oxygen atoms in total. The average molecular weight is 342 g/mol. The average Bonchev–Trinajstić information content (AvgIpc) is 3.04. The number of benzene rings is 2. The van der Waals surface area contributed by atoms with Crippen LogP contribution in [0.3, 0.4) is 0 Å². The second-order valence-corrected chi connectivity index (χ2v) is 6.07. The lowest BCUT2D eigenvalue weighted by Crippen LogP contribution is -2.16. The van der Waals surface area contributed by atoms with E-state index in [2.05, 4.69) is 5.32 Å². The number of anilines is 1. The Bertz CT molecular complexity index is 903. The number of thiophene rings is 1. The van der Waals surface area contributed by atoms with Crippen molar-refractivity contribution in [2.45, 2.75) is 0 Å². The molecule has 3 N–H and O–H groups in total. The van der Waals surface area contributed by atoms with Gasteiger partial charge >= 0.3 is 0 Å². The van der Waals surface area contributed by atoms with Crippen LogP contribution < -0.4 is 15.5 Å². The van der Waals surface area contributed by atoms with Crippen molar-refractivity contribution in [3.63, 3.8) is 0 Å². The van der Waals surface area contributed by atoms with E-state index in [1.165, 1.54) is 11.3 Å². The molecule has 3 aromatic rings. The molecule has 1 aromatic heterocycles. The van der Waals surface area contributed by atoms with E-state index in [-0.39, 0.29) is 5.91 Å². The first kappa shape index (κ1) is 16.0. The van der Waals surface area contributed by atoms with Crippen LogP contribution in [0.5, 0.6) is 5.75 Å². The van der Waals surface area contributed by atoms with Crippen LogP contribution in [-0.2, 0) is 0 Å². The molecule has 0 saturated heterocycles. The van der Waals surface area contributed by atoms with Crippen molar-refractivity contribution in [3.8, 4) is 5.75 Å². The van der Waals surface area contributed by atoms with Crippen LogP contribution in [0.1, 0.15) is 20.0 Å². The highest BCUT2D eigenvalue weighted by Gasteiger charge is 2.11. The van der Waals surface area contributed by atoms with Crippen molar-refractivity contribution in [1.29, 1.82) is 0 Å². The maximum Gasteiger partial charge on any atom is 0.284 e. The smallest absolute Gasteiger partial charge is 0.284 e. The van der Waals surface area contributed by atoms with Crippen molar-refractivity contribution < 1.29 is 19.5 Å². The van der Waals surface area contributed by atoms with E-state index in [9.17, 15) is 9.59 Å². The van der Waals surface area contributed by atoms with Crippen molar-refractivity contribution in [2.24, 2.45) is 0 Å². The molecule has 0 aliphatic heterocycles. The molecule has 24 heavy (non-hydrogen) atoms. The van der Waals surface area contributed by atoms with E-state index >= 15 is 0 Å². The van der Waals surface area contributed by atoms with Crippen molar-refractivity contribution in [2.75, 3.05) is 12.4 Å². The Morgan fingerprint density at radius 2 is 1.79 bits per heavy atom. The van der Waals surface area contributed by atoms with Gasteiger partial charge in [0.25, 0.3) is 11.8 Å². The fraction of sp³-hybridized carbons (Fsp3) is 0.0588. The molecule has 1 heterocycles. The Kier molecular flexibility index (Phi) is 4.45. The summed E-state index contributed by atoms with van der Waals surface area (Å²) in [5, 5.41) is 12.3. The van der Waals surface area contributed by atoms with E-state index in [0.717, 1.165) is 10.1 Å². The zero-order valence-electron chi connectivity index (χ0n) is 12.7. The lowest BCUT2D eigenvalue weighted by molar-refractivity contribution is 0.0711. The highest BCUT2D eigenvalue weighted by molar-refractivity contribution is 7.20. The Balaban J connectivity index is 1.81. The molecular formula is C17H14N2O4S. The molecule has 0 radical (unpaired) electrons. The number of nitrogens with one attached hydrogen (secondary N) is 2. The Morgan fingerprint density at radius 3 is 2.46 bits per heavy atom. The van der Waals surface area contributed by atoms with Crippen molar-refractivity contribution in [1.82, 2.24) is 5.48 Å². The van der Waals surface area contributed by atoms with Crippen LogP contribution in [-0.4, -0.2) is 24.1 Å². The van der Waals surface area contributed by atoms with Gasteiger partial charge in [0.15, 0.2) is 0 Å². The van der Waals surface area contributed by atoms with Crippen molar-refractivity contribution in [3.05, 3.63) is 59.0 Å². The standard InChI is InChI=1S/C17H14N2O4S/c1-23-13-5-2-10(3-6-13)16(20)18-12-4-7-14-11(8-12)9-15(24-14)17(21)19-22/h2-9,22H,1H3,(H,18,20)(H,19,21). The van der Waals surface area contributed by atoms with E-state index in [0.29, 0.717) is 21.9 Å². The number of carbonyl (C=O) groups excluding carboxylic acids is 2. The molecule has 0 atom stereocenters. The third-order valence-electron chi connectivity index (χ3n) is 3.45. The van der Waals surface area contributed by atoms with Crippen LogP contribution in [0.4, 0.5) is 5.69 Å². The van der Waals surface area contributed by atoms with Gasteiger partial charge in [0.1, 0.15) is 5.75 Å². The van der Waals surface area contributed by atoms with Crippen LogP contribution in [0.25, 0.3) is 10.1 Å². The summed E-state index contributed by atoms with van der Waals surface area (Å²) < 4.78 is 5.95. The van der Waals surface area contributed by atoms with Crippen LogP contribution in [0.15, 0.2) is 48.5 Å². The number of hydroxylamine groups is 1. The largest absolute Gasteiger partial charge is 0.497 e. The second kappa shape index (κ2) is 6.69. The number of amides is 2. The molecule has 0 fully saturated rings. The molecule has 0 spiro atoms. The van der Waals surface area contributed by atoms with E-state index in [1.807, 2.05) is 6.07 Å². The van der Waals surface area contributed by atoms with Crippen LogP contribution in [0, 0.1) is 0 Å². The Morgan fingerprint density at radius 1 is 1.04 bits per heavy atom. The number of rotatable bonds is 4. The van der Waals surface area contributed by atoms with E-state index in [4.69, 9.17) is 9.94 Å². The fourth-order valence-corrected chi connectivity index (χ4v) is 3.17. The zero-order valence-corrected chi connectivity index (χ0v) is 13.5. The molecule has 0 aliphatic rings. The molecule has 0 saturated carbocycles. The van der Waals surface area contributed by atoms with Gasteiger partial charge in [-0.15, -0.1) is 11.3 Å². The highest BCUT2D eigenvalue weighted by atomic mass is 32.1. The third-order valence-corrected chi connectivity index (χ3v) is 4.57. The van der Waals surface area contributed by atoms with Crippen molar-refractivity contribution >= 4 is 38.9 Å². The quantitative estimate of drug-likeness (QED) is 0.501. The summed E-state index contributed by atoms with van der Waals surface area (Å²) in [7, 11) is 1.57. The van der Waals surface area contributed by atoms with Gasteiger partial charge in [-0.2, -0.15) is 0 Å². The van der Waals surface area contributed by atoms with Gasteiger partial charge in [0.2, 0.25) is 0 Å². The lowest BCUT2D eigenvalue weighted by atomic mass is 10.2. The van der Waals surface area contributed by atoms with Gasteiger partial charge in [-0.3, -0.25) is 14.8 Å². The number of methoxy groups -OCH3 is 1. The monoisotopic (exact) mass is 342 g/mol. The summed E-state index contributed by atoms with van der Waals surface area (Å²) in [5.41, 5.74) is 2.75. The number of carbonyl (C=O) groups is 2. The van der Waals surface area contributed by atoms with Gasteiger partial charge in [0, 0.05) is 16.0 Å². The fourth-order valence-electron chi connectivity index (χ4n) is 2.23. The molecule has 3 rings (SSSR count). The van der Waals surface area contributed by atoms with Crippen LogP contribution >= 0.6 is 11.3 Å². The number of hydrogen-bond donors (Lipinski definition) is 3. The first-order chi connectivity index (χ1) is 11.6. The van der Waals surface area contributed by atoms with E-state index < -0.39 is 5.91 Å². The molecule has 0 bridgehead atoms. The molecule has 0 aliphatic carbocycles. The van der Waals surface area contributed by atoms with Crippen LogP contribution in [0.2, 0.25) is 0 Å². The van der Waals surface area contributed by atoms with E-state index in [1.54, 1.807) is 55.1 Å². The zero-order chi connectivity index (χ0) is 17.1. The summed E-state index contributed by atoms with van der Waals surface area (Å²) in [6.07, 6.45) is 0. The third kappa shape index (κ3) is 3.22. The Labute approximate surface area is 141 Å². The first-order valence-electron chi connectivity index (χ1n) is 7.04. The first-order valence-corrected chi connectivity index (χ1v) is 7.86. The minimum absolute atomic E-state index is 0.236. The summed E-state index contributed by atoms with van der Waals surface area (Å²) in [6, 6.07) is 13.8. The highest BCUT2D eigenvalue weighted by Crippen LogP contribution is 2.28. The van der Waals surface area contributed by atoms with Gasteiger partial charge < -0.3 is 10.1 Å². The van der Waals surface area contributed by atoms with Gasteiger partial charge in [-0.05, 0) is 53.9 Å². The van der Waals surface area contributed by atoms with Gasteiger partial charge in [-0.1, -0.05) is 0 Å². The molecule has 122 valence electrons. The summed E-state index contributed by atoms with van der Waals surface area (Å²) in [6.45, 7) is 0. The van der Waals surface area contributed by atoms with Gasteiger partial charge in [-0.25, -0.2) is 5.48 Å². The molecule has 2 aromatic carbocycles. The summed E-state index contributed by atoms with van der Waals surface area (Å²) in [4.78, 5) is 24.1. The maximum absolute atomic E-state index is 12.3. The summed E-state index contributed by atoms with van der Waals surface area (Å²) >= 11 is 1.26. The lowest BCUT2D eigenvalue weighted by Gasteiger charge is -2.06. The molecule has 7 heteroatoms. The maximum atomic E-state index is 12.3. The topological polar surface area (TPSA) is 87.7 Å². The minimum Gasteiger partial charge on any atom is -0.497 e. The Hall–Kier alpha value is -2.90. The number of ether oxygens (including phenoxy) is 1. The normalized spacial score (nSPS) is 10.4. The predicted molar refractivity (Wildman–Crippen MR) is 92.0 cm³/mol. The predicted octanol–water partition coefficient (Wildman–Crippen LogP) is 3.28. The SMILES string of the molecule is COc1ccc(C(=O)Nc2ccc3sc(C(=O)NO)cc3c2)cc1. The summed E-state index contributed by atoms with van der Waals surface area (Å²) in [5.74, 6) is -0.110. The molecule has 2 amide bonds. The second-order valence-electron chi connectivity index (χ2n) is 4.99. The number of hydrogen-bond acceptors (Lipinski definition) is 5. The molecule has 0 unspecified atom stereocenters. The van der Waals surface area contributed by atoms with Gasteiger partial charge in [0.05, 0.1) is 12.0 Å². The minimum atomic E-state index is -0.556. The molecular weight excluding hydrogens is 328 g/mol.